The molecule has 0 aliphatic carbocycles. The molecule has 0 bridgehead atoms. The highest BCUT2D eigenvalue weighted by Crippen LogP contribution is 2.19. The first-order valence-corrected chi connectivity index (χ1v) is 7.77. The monoisotopic (exact) mass is 392 g/mol. The van der Waals surface area contributed by atoms with Crippen molar-refractivity contribution in [1.82, 2.24) is 5.32 Å². The van der Waals surface area contributed by atoms with Gasteiger partial charge in [0.15, 0.2) is 0 Å². The van der Waals surface area contributed by atoms with E-state index in [1.165, 1.54) is 18.2 Å². The summed E-state index contributed by atoms with van der Waals surface area (Å²) in [4.78, 5) is 22.3. The lowest BCUT2D eigenvalue weighted by molar-refractivity contribution is -0.384. The van der Waals surface area contributed by atoms with Crippen LogP contribution in [-0.4, -0.2) is 27.0 Å². The molecular weight excluding hydrogens is 380 g/mol. The lowest BCUT2D eigenvalue weighted by atomic mass is 10.0. The fraction of sp³-hybridized carbons (Fsp3) is 0.417. The molecule has 0 atom stereocenters. The van der Waals surface area contributed by atoms with E-state index in [0.29, 0.717) is 21.8 Å². The van der Waals surface area contributed by atoms with Gasteiger partial charge < -0.3 is 5.32 Å². The van der Waals surface area contributed by atoms with Crippen LogP contribution < -0.4 is 5.32 Å². The smallest absolute Gasteiger partial charge is 0.269 e. The van der Waals surface area contributed by atoms with E-state index >= 15 is 0 Å². The lowest BCUT2D eigenvalue weighted by Crippen LogP contribution is -2.49. The van der Waals surface area contributed by atoms with Gasteiger partial charge in [0, 0.05) is 28.4 Å². The zero-order chi connectivity index (χ0) is 14.6. The van der Waals surface area contributed by atoms with Crippen molar-refractivity contribution in [2.24, 2.45) is 0 Å². The molecule has 1 amide bonds. The zero-order valence-electron chi connectivity index (χ0n) is 10.6. The molecule has 0 fully saturated rings. The molecule has 0 unspecified atom stereocenters. The maximum Gasteiger partial charge on any atom is 0.269 e. The first-order chi connectivity index (χ1) is 8.83. The molecular formula is C12H14Br2N2O3. The second kappa shape index (κ2) is 6.47. The first kappa shape index (κ1) is 16.1. The summed E-state index contributed by atoms with van der Waals surface area (Å²) in [6, 6.07) is 4.21. The number of carbonyl (C=O) groups is 1. The van der Waals surface area contributed by atoms with Crippen molar-refractivity contribution in [3.8, 4) is 0 Å². The van der Waals surface area contributed by atoms with Gasteiger partial charge in [0.25, 0.3) is 11.6 Å². The number of carbonyl (C=O) groups excluding carboxylic acids is 1. The number of rotatable bonds is 5. The number of benzene rings is 1. The Balaban J connectivity index is 2.98. The quantitative estimate of drug-likeness (QED) is 0.474. The molecule has 0 radical (unpaired) electrons. The number of hydrogen-bond acceptors (Lipinski definition) is 3. The average Bonchev–Trinajstić information content (AvgIpc) is 2.38. The molecule has 1 rings (SSSR count). The van der Waals surface area contributed by atoms with Crippen molar-refractivity contribution in [3.05, 3.63) is 39.4 Å². The van der Waals surface area contributed by atoms with Crippen molar-refractivity contribution >= 4 is 43.5 Å². The Morgan fingerprint density at radius 1 is 1.42 bits per heavy atom. The van der Waals surface area contributed by atoms with Gasteiger partial charge in [-0.05, 0) is 25.5 Å². The molecule has 0 saturated carbocycles. The third-order valence-electron chi connectivity index (χ3n) is 2.67. The number of nitro benzene ring substituents is 1. The van der Waals surface area contributed by atoms with Gasteiger partial charge in [-0.2, -0.15) is 0 Å². The Bertz CT molecular complexity index is 502. The molecule has 0 aromatic heterocycles. The predicted octanol–water partition coefficient (Wildman–Crippen LogP) is 3.18. The fourth-order valence-electron chi connectivity index (χ4n) is 1.46. The zero-order valence-corrected chi connectivity index (χ0v) is 13.7. The van der Waals surface area contributed by atoms with E-state index in [4.69, 9.17) is 0 Å². The summed E-state index contributed by atoms with van der Waals surface area (Å²) >= 11 is 6.70. The molecule has 7 heteroatoms. The highest BCUT2D eigenvalue weighted by atomic mass is 79.9. The number of nitrogens with one attached hydrogen (secondary N) is 1. The summed E-state index contributed by atoms with van der Waals surface area (Å²) in [5, 5.41) is 14.7. The van der Waals surface area contributed by atoms with Crippen LogP contribution in [0.1, 0.15) is 22.8 Å². The van der Waals surface area contributed by atoms with E-state index in [9.17, 15) is 14.9 Å². The van der Waals surface area contributed by atoms with Crippen LogP contribution in [0.5, 0.6) is 0 Å². The van der Waals surface area contributed by atoms with Crippen molar-refractivity contribution < 1.29 is 9.72 Å². The Morgan fingerprint density at radius 3 is 2.42 bits per heavy atom. The molecule has 0 saturated heterocycles. The predicted molar refractivity (Wildman–Crippen MR) is 81.3 cm³/mol. The SMILES string of the molecule is Cc1cc([N+](=O)[O-])ccc1C(=O)NC(C)(CBr)CBr. The Kier molecular flexibility index (Phi) is 5.49. The van der Waals surface area contributed by atoms with Crippen LogP contribution in [-0.2, 0) is 0 Å². The summed E-state index contributed by atoms with van der Waals surface area (Å²) in [5.74, 6) is -0.242. The van der Waals surface area contributed by atoms with Gasteiger partial charge in [-0.3, -0.25) is 14.9 Å². The summed E-state index contributed by atoms with van der Waals surface area (Å²) < 4.78 is 0. The molecule has 1 aromatic carbocycles. The fourth-order valence-corrected chi connectivity index (χ4v) is 2.67. The van der Waals surface area contributed by atoms with Crippen LogP contribution in [0.3, 0.4) is 0 Å². The second-order valence-electron chi connectivity index (χ2n) is 4.54. The number of aryl methyl sites for hydroxylation is 1. The number of nitrogens with zero attached hydrogens (tertiary/aromatic N) is 1. The summed E-state index contributed by atoms with van der Waals surface area (Å²) in [5.41, 5.74) is 0.598. The number of alkyl halides is 2. The van der Waals surface area contributed by atoms with Crippen LogP contribution in [0.4, 0.5) is 5.69 Å². The minimum absolute atomic E-state index is 0.0159. The minimum Gasteiger partial charge on any atom is -0.345 e. The summed E-state index contributed by atoms with van der Waals surface area (Å²) in [7, 11) is 0. The summed E-state index contributed by atoms with van der Waals surface area (Å²) in [6.45, 7) is 3.58. The van der Waals surface area contributed by atoms with E-state index < -0.39 is 10.5 Å². The molecule has 0 spiro atoms. The van der Waals surface area contributed by atoms with Gasteiger partial charge in [0.05, 0.1) is 10.5 Å². The van der Waals surface area contributed by atoms with Gasteiger partial charge in [-0.15, -0.1) is 0 Å². The third kappa shape index (κ3) is 4.01. The summed E-state index contributed by atoms with van der Waals surface area (Å²) in [6.07, 6.45) is 0. The van der Waals surface area contributed by atoms with E-state index in [1.54, 1.807) is 6.92 Å². The van der Waals surface area contributed by atoms with Crippen LogP contribution in [0.15, 0.2) is 18.2 Å². The van der Waals surface area contributed by atoms with Gasteiger partial charge in [0.2, 0.25) is 0 Å². The standard InChI is InChI=1S/C12H14Br2N2O3/c1-8-5-9(16(18)19)3-4-10(8)11(17)15-12(2,6-13)7-14/h3-5H,6-7H2,1-2H3,(H,15,17). The normalized spacial score (nSPS) is 11.2. The van der Waals surface area contributed by atoms with Crippen LogP contribution in [0.2, 0.25) is 0 Å². The Hall–Kier alpha value is -0.950. The first-order valence-electron chi connectivity index (χ1n) is 5.52. The molecule has 0 aliphatic rings. The van der Waals surface area contributed by atoms with Crippen molar-refractivity contribution in [2.45, 2.75) is 19.4 Å². The molecule has 0 heterocycles. The number of halogens is 2. The number of amides is 1. The molecule has 0 aliphatic heterocycles. The third-order valence-corrected chi connectivity index (χ3v) is 5.15. The van der Waals surface area contributed by atoms with Crippen molar-refractivity contribution in [2.75, 3.05) is 10.7 Å². The van der Waals surface area contributed by atoms with Crippen molar-refractivity contribution in [1.29, 1.82) is 0 Å². The van der Waals surface area contributed by atoms with E-state index in [0.717, 1.165) is 0 Å². The van der Waals surface area contributed by atoms with E-state index in [-0.39, 0.29) is 11.6 Å². The maximum absolute atomic E-state index is 12.2. The molecule has 1 aromatic rings. The number of hydrogen-bond donors (Lipinski definition) is 1. The second-order valence-corrected chi connectivity index (χ2v) is 5.66. The molecule has 1 N–H and O–H groups in total. The van der Waals surface area contributed by atoms with Crippen LogP contribution in [0, 0.1) is 17.0 Å². The average molecular weight is 394 g/mol. The molecule has 19 heavy (non-hydrogen) atoms. The molecule has 104 valence electrons. The Labute approximate surface area is 128 Å². The minimum atomic E-state index is -0.476. The lowest BCUT2D eigenvalue weighted by Gasteiger charge is -2.26. The molecule has 5 nitrogen and oxygen atoms in total. The largest absolute Gasteiger partial charge is 0.345 e. The topological polar surface area (TPSA) is 72.2 Å². The van der Waals surface area contributed by atoms with Crippen molar-refractivity contribution in [3.63, 3.8) is 0 Å². The maximum atomic E-state index is 12.2. The van der Waals surface area contributed by atoms with E-state index in [2.05, 4.69) is 37.2 Å². The van der Waals surface area contributed by atoms with E-state index in [1.807, 2.05) is 6.92 Å². The van der Waals surface area contributed by atoms with Crippen LogP contribution >= 0.6 is 31.9 Å². The highest BCUT2D eigenvalue weighted by molar-refractivity contribution is 9.09. The van der Waals surface area contributed by atoms with Gasteiger partial charge in [-0.25, -0.2) is 0 Å². The van der Waals surface area contributed by atoms with Gasteiger partial charge in [-0.1, -0.05) is 31.9 Å². The van der Waals surface area contributed by atoms with Gasteiger partial charge in [0.1, 0.15) is 0 Å². The number of nitro groups is 1. The van der Waals surface area contributed by atoms with Crippen LogP contribution in [0.25, 0.3) is 0 Å². The Morgan fingerprint density at radius 2 is 2.00 bits per heavy atom. The highest BCUT2D eigenvalue weighted by Gasteiger charge is 2.25. The van der Waals surface area contributed by atoms with Gasteiger partial charge >= 0.3 is 0 Å². The number of non-ortho nitro benzene ring substituents is 1.